The molecule has 0 spiro atoms. The molecule has 0 fully saturated rings. The third-order valence-electron chi connectivity index (χ3n) is 5.38. The van der Waals surface area contributed by atoms with Gasteiger partial charge in [0.2, 0.25) is 0 Å². The number of anilines is 1. The number of carbonyl (C=O) groups excluding carboxylic acids is 1. The summed E-state index contributed by atoms with van der Waals surface area (Å²) in [5.41, 5.74) is 7.59. The Kier molecular flexibility index (Phi) is 6.43. The minimum atomic E-state index is -0.559. The number of carbonyl (C=O) groups is 1. The Morgan fingerprint density at radius 2 is 2.18 bits per heavy atom. The number of hydrogen-bond acceptors (Lipinski definition) is 7. The summed E-state index contributed by atoms with van der Waals surface area (Å²) in [5.74, 6) is 0.0330. The van der Waals surface area contributed by atoms with Crippen LogP contribution in [0.4, 0.5) is 10.2 Å². The molecule has 3 N–H and O–H groups in total. The van der Waals surface area contributed by atoms with E-state index in [0.717, 1.165) is 6.42 Å². The summed E-state index contributed by atoms with van der Waals surface area (Å²) < 4.78 is 22.8. The number of aryl methyl sites for hydroxylation is 1. The molecule has 1 aliphatic heterocycles. The van der Waals surface area contributed by atoms with Crippen molar-refractivity contribution in [3.8, 4) is 17.3 Å². The number of amides is 1. The zero-order valence-electron chi connectivity index (χ0n) is 18.4. The molecule has 10 heteroatoms. The molecule has 0 saturated heterocycles. The maximum Gasteiger partial charge on any atom is 0.260 e. The van der Waals surface area contributed by atoms with Gasteiger partial charge in [-0.05, 0) is 38.0 Å². The standard InChI is InChI=1S/C23H24FN7O2/c1-14(26-2)17(12-25)15-10-16-20(11-18(15)24)33-9-4-3-8-31-13-27-30-22(31)19-6-5-7-21(28-19)29-23(16)32/h5-7,10-13H,3-4,8-9,25H2,1-2H3,(H,28,29,32). The van der Waals surface area contributed by atoms with Crippen LogP contribution in [0.5, 0.6) is 5.75 Å². The lowest BCUT2D eigenvalue weighted by molar-refractivity contribution is 0.102. The van der Waals surface area contributed by atoms with Gasteiger partial charge in [-0.3, -0.25) is 9.79 Å². The molecular formula is C23H24FN7O2. The van der Waals surface area contributed by atoms with Crippen LogP contribution in [0.25, 0.3) is 17.1 Å². The van der Waals surface area contributed by atoms with Crippen molar-refractivity contribution in [2.75, 3.05) is 19.0 Å². The topological polar surface area (TPSA) is 120 Å². The highest BCUT2D eigenvalue weighted by molar-refractivity contribution is 6.23. The van der Waals surface area contributed by atoms with Crippen LogP contribution in [0.3, 0.4) is 0 Å². The van der Waals surface area contributed by atoms with E-state index in [1.807, 2.05) is 4.57 Å². The van der Waals surface area contributed by atoms with E-state index >= 15 is 4.39 Å². The SMILES string of the molecule is CN=C(C)C(=CN)c1cc2c(cc1F)OCCCCn1cnnc1-c1cccc(n1)NC2=O. The third-order valence-corrected chi connectivity index (χ3v) is 5.38. The van der Waals surface area contributed by atoms with Crippen LogP contribution in [0, 0.1) is 5.82 Å². The second kappa shape index (κ2) is 9.60. The van der Waals surface area contributed by atoms with Gasteiger partial charge in [0.05, 0.1) is 12.2 Å². The van der Waals surface area contributed by atoms with Gasteiger partial charge in [-0.15, -0.1) is 10.2 Å². The molecule has 4 rings (SSSR count). The van der Waals surface area contributed by atoms with Gasteiger partial charge in [-0.25, -0.2) is 9.37 Å². The molecule has 1 amide bonds. The number of aliphatic imine (C=N–C) groups is 1. The van der Waals surface area contributed by atoms with Crippen molar-refractivity contribution >= 4 is 23.0 Å². The molecule has 3 heterocycles. The first-order chi connectivity index (χ1) is 16.0. The van der Waals surface area contributed by atoms with Gasteiger partial charge >= 0.3 is 0 Å². The second-order valence-electron chi connectivity index (χ2n) is 7.48. The number of rotatable bonds is 2. The Morgan fingerprint density at radius 3 is 2.97 bits per heavy atom. The first-order valence-corrected chi connectivity index (χ1v) is 10.5. The fourth-order valence-corrected chi connectivity index (χ4v) is 3.58. The van der Waals surface area contributed by atoms with Crippen molar-refractivity contribution in [3.05, 3.63) is 59.8 Å². The Hall–Kier alpha value is -4.08. The average Bonchev–Trinajstić information content (AvgIpc) is 3.28. The number of hydrogen-bond donors (Lipinski definition) is 2. The predicted molar refractivity (Wildman–Crippen MR) is 124 cm³/mol. The van der Waals surface area contributed by atoms with E-state index in [9.17, 15) is 4.79 Å². The number of nitrogens with zero attached hydrogens (tertiary/aromatic N) is 5. The van der Waals surface area contributed by atoms with Crippen molar-refractivity contribution in [3.63, 3.8) is 0 Å². The molecule has 0 unspecified atom stereocenters. The number of nitrogens with two attached hydrogens (primary N) is 1. The van der Waals surface area contributed by atoms with Gasteiger partial charge in [0.25, 0.3) is 5.91 Å². The number of fused-ring (bicyclic) bond motifs is 5. The summed E-state index contributed by atoms with van der Waals surface area (Å²) in [6, 6.07) is 7.88. The van der Waals surface area contributed by atoms with Crippen LogP contribution in [-0.4, -0.2) is 45.0 Å². The number of pyridine rings is 1. The largest absolute Gasteiger partial charge is 0.493 e. The molecule has 1 aromatic carbocycles. The summed E-state index contributed by atoms with van der Waals surface area (Å²) in [5, 5.41) is 10.9. The lowest BCUT2D eigenvalue weighted by Gasteiger charge is -2.16. The summed E-state index contributed by atoms with van der Waals surface area (Å²) in [7, 11) is 1.59. The van der Waals surface area contributed by atoms with Gasteiger partial charge in [0.15, 0.2) is 5.82 Å². The first-order valence-electron chi connectivity index (χ1n) is 10.5. The highest BCUT2D eigenvalue weighted by Crippen LogP contribution is 2.29. The zero-order valence-corrected chi connectivity index (χ0v) is 18.4. The molecule has 2 aromatic heterocycles. The quantitative estimate of drug-likeness (QED) is 0.579. The van der Waals surface area contributed by atoms with Crippen LogP contribution < -0.4 is 15.8 Å². The van der Waals surface area contributed by atoms with Gasteiger partial charge in [0, 0.05) is 42.7 Å². The molecule has 0 atom stereocenters. The Morgan fingerprint density at radius 1 is 1.33 bits per heavy atom. The smallest absolute Gasteiger partial charge is 0.260 e. The Balaban J connectivity index is 1.78. The Bertz CT molecular complexity index is 1250. The number of benzene rings is 1. The lowest BCUT2D eigenvalue weighted by atomic mass is 9.98. The number of nitrogens with one attached hydrogen (secondary N) is 1. The molecule has 9 nitrogen and oxygen atoms in total. The van der Waals surface area contributed by atoms with E-state index in [2.05, 4.69) is 25.5 Å². The minimum Gasteiger partial charge on any atom is -0.493 e. The predicted octanol–water partition coefficient (Wildman–Crippen LogP) is 3.29. The van der Waals surface area contributed by atoms with Crippen molar-refractivity contribution in [1.82, 2.24) is 19.7 Å². The van der Waals surface area contributed by atoms with E-state index in [1.54, 1.807) is 38.5 Å². The van der Waals surface area contributed by atoms with Crippen molar-refractivity contribution < 1.29 is 13.9 Å². The Labute approximate surface area is 190 Å². The average molecular weight is 449 g/mol. The maximum absolute atomic E-state index is 15.0. The zero-order chi connectivity index (χ0) is 23.4. The second-order valence-corrected chi connectivity index (χ2v) is 7.48. The van der Waals surface area contributed by atoms with Gasteiger partial charge in [0.1, 0.15) is 29.4 Å². The van der Waals surface area contributed by atoms with Crippen LogP contribution >= 0.6 is 0 Å². The number of allylic oxidation sites excluding steroid dienone is 1. The van der Waals surface area contributed by atoms with Crippen molar-refractivity contribution in [2.45, 2.75) is 26.3 Å². The lowest BCUT2D eigenvalue weighted by Crippen LogP contribution is -2.17. The highest BCUT2D eigenvalue weighted by Gasteiger charge is 2.21. The maximum atomic E-state index is 15.0. The van der Waals surface area contributed by atoms with Crippen molar-refractivity contribution in [2.24, 2.45) is 10.7 Å². The van der Waals surface area contributed by atoms with E-state index in [-0.39, 0.29) is 16.9 Å². The van der Waals surface area contributed by atoms with Crippen LogP contribution in [-0.2, 0) is 6.54 Å². The fraction of sp³-hybridized carbons (Fsp3) is 0.261. The summed E-state index contributed by atoms with van der Waals surface area (Å²) >= 11 is 0. The van der Waals surface area contributed by atoms with E-state index in [4.69, 9.17) is 10.5 Å². The number of halogens is 1. The molecule has 0 radical (unpaired) electrons. The molecule has 0 aliphatic carbocycles. The molecule has 3 aromatic rings. The molecule has 1 aliphatic rings. The van der Waals surface area contributed by atoms with E-state index in [0.29, 0.717) is 48.2 Å². The van der Waals surface area contributed by atoms with Crippen LogP contribution in [0.15, 0.2) is 47.9 Å². The fourth-order valence-electron chi connectivity index (χ4n) is 3.58. The van der Waals surface area contributed by atoms with Gasteiger partial charge in [-0.1, -0.05) is 6.07 Å². The van der Waals surface area contributed by atoms with E-state index in [1.165, 1.54) is 18.3 Å². The summed E-state index contributed by atoms with van der Waals surface area (Å²) in [6.45, 7) is 2.70. The molecular weight excluding hydrogens is 425 g/mol. The molecule has 2 bridgehead atoms. The molecule has 170 valence electrons. The third kappa shape index (κ3) is 4.59. The van der Waals surface area contributed by atoms with Crippen LogP contribution in [0.1, 0.15) is 35.7 Å². The summed E-state index contributed by atoms with van der Waals surface area (Å²) in [6.07, 6.45) is 4.38. The van der Waals surface area contributed by atoms with Crippen LogP contribution in [0.2, 0.25) is 0 Å². The van der Waals surface area contributed by atoms with Crippen molar-refractivity contribution in [1.29, 1.82) is 0 Å². The number of ether oxygens (including phenoxy) is 1. The first kappa shape index (κ1) is 22.1. The highest BCUT2D eigenvalue weighted by atomic mass is 19.1. The van der Waals surface area contributed by atoms with Gasteiger partial charge in [-0.2, -0.15) is 0 Å². The molecule has 0 saturated carbocycles. The minimum absolute atomic E-state index is 0.148. The van der Waals surface area contributed by atoms with E-state index < -0.39 is 11.7 Å². The molecule has 33 heavy (non-hydrogen) atoms. The monoisotopic (exact) mass is 449 g/mol. The number of aromatic nitrogens is 4. The van der Waals surface area contributed by atoms with Gasteiger partial charge < -0.3 is 20.4 Å². The summed E-state index contributed by atoms with van der Waals surface area (Å²) in [4.78, 5) is 21.8. The normalized spacial score (nSPS) is 15.1.